The van der Waals surface area contributed by atoms with Crippen LogP contribution >= 0.6 is 0 Å². The molecule has 1 rings (SSSR count). The highest BCUT2D eigenvalue weighted by Crippen LogP contribution is 2.42. The molecule has 0 spiro atoms. The highest BCUT2D eigenvalue weighted by molar-refractivity contribution is 5.75. The number of hydrogen-bond donors (Lipinski definition) is 2. The van der Waals surface area contributed by atoms with Gasteiger partial charge in [0.15, 0.2) is 6.72 Å². The molecule has 7 heteroatoms. The lowest BCUT2D eigenvalue weighted by Gasteiger charge is -2.13. The molecule has 0 radical (unpaired) electrons. The van der Waals surface area contributed by atoms with E-state index >= 15 is 0 Å². The summed E-state index contributed by atoms with van der Waals surface area (Å²) in [6.45, 7) is 13.5. The Bertz CT molecular complexity index is 563. The molecule has 0 aliphatic heterocycles. The first-order valence-electron chi connectivity index (χ1n) is 5.62. The van der Waals surface area contributed by atoms with E-state index in [-0.39, 0.29) is 11.5 Å². The van der Waals surface area contributed by atoms with Gasteiger partial charge in [-0.3, -0.25) is 0 Å². The molecule has 0 aliphatic rings. The van der Waals surface area contributed by atoms with E-state index < -0.39 is 0 Å². The third kappa shape index (κ3) is 3.14. The molecule has 1 aromatic carbocycles. The Kier molecular flexibility index (Phi) is 5.28. The zero-order valence-electron chi connectivity index (χ0n) is 11.5. The maximum Gasteiger partial charge on any atom is 0.253 e. The standard InChI is InChI=1S/C13H16N4O3/c1-8(9(2)14)10-6-7-11(18-15-3)13(20-17-5)12(10)19-16-4/h6-7H,3-5,14H2,1-2H3/p+1/b9-8+. The maximum atomic E-state index is 5.80. The predicted molar refractivity (Wildman–Crippen MR) is 78.0 cm³/mol. The predicted octanol–water partition coefficient (Wildman–Crippen LogP) is 0.460. The second-order valence-electron chi connectivity index (χ2n) is 3.76. The van der Waals surface area contributed by atoms with Crippen LogP contribution in [0.1, 0.15) is 19.4 Å². The van der Waals surface area contributed by atoms with Gasteiger partial charge in [-0.2, -0.15) is 0 Å². The van der Waals surface area contributed by atoms with Gasteiger partial charge in [0.1, 0.15) is 0 Å². The van der Waals surface area contributed by atoms with Gasteiger partial charge in [0, 0.05) is 24.7 Å². The smallest absolute Gasteiger partial charge is 0.253 e. The number of hydrogen-bond acceptors (Lipinski definition) is 6. The van der Waals surface area contributed by atoms with Crippen LogP contribution in [0.5, 0.6) is 17.2 Å². The number of nitrogens with two attached hydrogens (primary N) is 1. The van der Waals surface area contributed by atoms with Gasteiger partial charge in [0.25, 0.3) is 11.5 Å². The van der Waals surface area contributed by atoms with E-state index in [0.29, 0.717) is 17.0 Å². The van der Waals surface area contributed by atoms with Gasteiger partial charge >= 0.3 is 0 Å². The lowest BCUT2D eigenvalue weighted by Crippen LogP contribution is -2.69. The fourth-order valence-corrected chi connectivity index (χ4v) is 1.52. The van der Waals surface area contributed by atoms with Gasteiger partial charge in [-0.05, 0) is 36.7 Å². The fraction of sp³-hybridized carbons (Fsp3) is 0.154. The molecule has 3 N–H and O–H groups in total. The second-order valence-corrected chi connectivity index (χ2v) is 3.76. The van der Waals surface area contributed by atoms with Gasteiger partial charge in [-0.25, -0.2) is 4.84 Å². The van der Waals surface area contributed by atoms with Crippen LogP contribution in [0.3, 0.4) is 0 Å². The minimum atomic E-state index is 0.182. The van der Waals surface area contributed by atoms with Crippen LogP contribution in [0, 0.1) is 0 Å². The van der Waals surface area contributed by atoms with Crippen molar-refractivity contribution in [3.05, 3.63) is 23.4 Å². The molecule has 0 saturated heterocycles. The number of oxime groups is 2. The van der Waals surface area contributed by atoms with Crippen molar-refractivity contribution in [3.63, 3.8) is 0 Å². The molecule has 0 aliphatic carbocycles. The van der Waals surface area contributed by atoms with Crippen molar-refractivity contribution in [2.75, 3.05) is 0 Å². The number of nitrogens with zero attached hydrogens (tertiary/aromatic N) is 2. The average Bonchev–Trinajstić information content (AvgIpc) is 2.42. The molecule has 1 aromatic rings. The molecule has 7 nitrogen and oxygen atoms in total. The Balaban J connectivity index is 3.58. The SMILES string of the molecule is C=NOc1c(O[NH+]=C)ccc(/C(C)=C(\C)N)c1ON=C. The maximum absolute atomic E-state index is 5.80. The quantitative estimate of drug-likeness (QED) is 0.559. The number of allylic oxidation sites excluding steroid dienone is 2. The third-order valence-corrected chi connectivity index (χ3v) is 2.57. The molecular formula is C13H17N4O3+. The van der Waals surface area contributed by atoms with E-state index in [0.717, 1.165) is 5.57 Å². The van der Waals surface area contributed by atoms with Crippen molar-refractivity contribution in [1.29, 1.82) is 0 Å². The zero-order chi connectivity index (χ0) is 15.1. The summed E-state index contributed by atoms with van der Waals surface area (Å²) >= 11 is 0. The van der Waals surface area contributed by atoms with Crippen molar-refractivity contribution in [2.45, 2.75) is 13.8 Å². The number of nitrogens with one attached hydrogen (secondary N) is 1. The molecule has 106 valence electrons. The molecule has 0 heterocycles. The van der Waals surface area contributed by atoms with Crippen LogP contribution < -0.4 is 25.4 Å². The summed E-state index contributed by atoms with van der Waals surface area (Å²) in [5.41, 5.74) is 7.90. The Morgan fingerprint density at radius 1 is 1.15 bits per heavy atom. The Labute approximate surface area is 117 Å². The summed E-state index contributed by atoms with van der Waals surface area (Å²) in [6.07, 6.45) is 0. The topological polar surface area (TPSA) is 92.4 Å². The van der Waals surface area contributed by atoms with Gasteiger partial charge in [0.05, 0.1) is 0 Å². The molecular weight excluding hydrogens is 260 g/mol. The van der Waals surface area contributed by atoms with E-state index in [1.165, 1.54) is 0 Å². The van der Waals surface area contributed by atoms with Crippen molar-refractivity contribution >= 4 is 25.7 Å². The summed E-state index contributed by atoms with van der Waals surface area (Å²) in [5, 5.41) is 9.07. The first kappa shape index (κ1) is 15.2. The van der Waals surface area contributed by atoms with Crippen molar-refractivity contribution in [2.24, 2.45) is 16.0 Å². The van der Waals surface area contributed by atoms with Crippen molar-refractivity contribution < 1.29 is 19.7 Å². The van der Waals surface area contributed by atoms with E-state index in [1.54, 1.807) is 19.1 Å². The molecule has 20 heavy (non-hydrogen) atoms. The normalized spacial score (nSPS) is 11.1. The Morgan fingerprint density at radius 3 is 2.25 bits per heavy atom. The summed E-state index contributed by atoms with van der Waals surface area (Å²) in [5.74, 6) is 0.751. The third-order valence-electron chi connectivity index (χ3n) is 2.57. The van der Waals surface area contributed by atoms with Crippen LogP contribution in [-0.4, -0.2) is 20.2 Å². The molecule has 0 atom stereocenters. The summed E-state index contributed by atoms with van der Waals surface area (Å²) < 4.78 is 0. The highest BCUT2D eigenvalue weighted by Gasteiger charge is 2.22. The van der Waals surface area contributed by atoms with E-state index in [2.05, 4.69) is 35.6 Å². The fourth-order valence-electron chi connectivity index (χ4n) is 1.52. The number of benzene rings is 1. The van der Waals surface area contributed by atoms with Gasteiger partial charge in [0.2, 0.25) is 5.75 Å². The molecule has 0 saturated carbocycles. The largest absolute Gasteiger partial charge is 0.402 e. The van der Waals surface area contributed by atoms with Gasteiger partial charge in [-0.15, -0.1) is 0 Å². The highest BCUT2D eigenvalue weighted by atomic mass is 16.7. The summed E-state index contributed by atoms with van der Waals surface area (Å²) in [6, 6.07) is 3.39. The van der Waals surface area contributed by atoms with Crippen LogP contribution in [-0.2, 0) is 0 Å². The first-order valence-corrected chi connectivity index (χ1v) is 5.62. The minimum absolute atomic E-state index is 0.182. The van der Waals surface area contributed by atoms with E-state index in [1.807, 2.05) is 6.92 Å². The zero-order valence-corrected chi connectivity index (χ0v) is 11.5. The van der Waals surface area contributed by atoms with Crippen LogP contribution in [0.25, 0.3) is 5.57 Å². The molecule has 0 bridgehead atoms. The van der Waals surface area contributed by atoms with Gasteiger partial charge < -0.3 is 15.4 Å². The minimum Gasteiger partial charge on any atom is -0.402 e. The average molecular weight is 277 g/mol. The van der Waals surface area contributed by atoms with Crippen LogP contribution in [0.15, 0.2) is 28.1 Å². The monoisotopic (exact) mass is 277 g/mol. The van der Waals surface area contributed by atoms with Gasteiger partial charge in [-0.1, -0.05) is 10.3 Å². The lowest BCUT2D eigenvalue weighted by atomic mass is 10.0. The second kappa shape index (κ2) is 6.93. The van der Waals surface area contributed by atoms with Crippen LogP contribution in [0.4, 0.5) is 0 Å². The molecule has 0 unspecified atom stereocenters. The van der Waals surface area contributed by atoms with Crippen LogP contribution in [0.2, 0.25) is 0 Å². The Hall–Kier alpha value is -2.83. The molecule has 0 aromatic heterocycles. The Morgan fingerprint density at radius 2 is 1.75 bits per heavy atom. The van der Waals surface area contributed by atoms with Crippen molar-refractivity contribution in [3.8, 4) is 17.2 Å². The lowest BCUT2D eigenvalue weighted by molar-refractivity contribution is -0.697. The molecule has 0 fully saturated rings. The van der Waals surface area contributed by atoms with E-state index in [4.69, 9.17) is 20.2 Å². The van der Waals surface area contributed by atoms with Crippen molar-refractivity contribution in [1.82, 2.24) is 0 Å². The van der Waals surface area contributed by atoms with E-state index in [9.17, 15) is 0 Å². The first-order chi connectivity index (χ1) is 9.56. The summed E-state index contributed by atoms with van der Waals surface area (Å²) in [4.78, 5) is 15.4. The summed E-state index contributed by atoms with van der Waals surface area (Å²) in [7, 11) is 0. The number of rotatable bonds is 7. The molecule has 0 amide bonds.